The lowest BCUT2D eigenvalue weighted by Gasteiger charge is -2.36. The highest BCUT2D eigenvalue weighted by Gasteiger charge is 2.52. The van der Waals surface area contributed by atoms with Crippen molar-refractivity contribution < 1.29 is 0 Å². The summed E-state index contributed by atoms with van der Waals surface area (Å²) in [6, 6.07) is 107. The van der Waals surface area contributed by atoms with Crippen LogP contribution >= 0.6 is 0 Å². The molecule has 2 nitrogen and oxygen atoms in total. The molecule has 1 heterocycles. The molecule has 1 spiro atoms. The Bertz CT molecular complexity index is 4640. The molecule has 0 amide bonds. The Morgan fingerprint density at radius 1 is 0.329 bits per heavy atom. The molecule has 0 saturated heterocycles. The zero-order valence-electron chi connectivity index (χ0n) is 49.3. The second-order valence-corrected chi connectivity index (χ2v) is 25.9. The fourth-order valence-corrected chi connectivity index (χ4v) is 14.4. The number of aromatic nitrogens is 1. The smallest absolute Gasteiger partial charge is 0.0725 e. The van der Waals surface area contributed by atoms with Crippen LogP contribution in [-0.4, -0.2) is 4.57 Å². The summed E-state index contributed by atoms with van der Waals surface area (Å²) in [5.41, 5.74) is 28.4. The number of hydrogen-bond donors (Lipinski definition) is 0. The minimum Gasteiger partial charge on any atom is -0.311 e. The second-order valence-electron chi connectivity index (χ2n) is 25.9. The van der Waals surface area contributed by atoms with Gasteiger partial charge >= 0.3 is 0 Å². The number of nitrogens with zero attached hydrogens (tertiary/aromatic N) is 2. The lowest BCUT2D eigenvalue weighted by Crippen LogP contribution is -2.26. The molecule has 410 valence electrons. The third-order valence-corrected chi connectivity index (χ3v) is 18.4. The summed E-state index contributed by atoms with van der Waals surface area (Å²) in [7, 11) is 0. The van der Waals surface area contributed by atoms with E-state index in [0.29, 0.717) is 5.92 Å². The first-order valence-electron chi connectivity index (χ1n) is 30.2. The van der Waals surface area contributed by atoms with Crippen LogP contribution in [0.4, 0.5) is 17.1 Å². The highest BCUT2D eigenvalue weighted by molar-refractivity contribution is 6.10. The molecule has 1 aromatic heterocycles. The quantitative estimate of drug-likeness (QED) is 0.132. The van der Waals surface area contributed by atoms with Crippen molar-refractivity contribution in [2.24, 2.45) is 10.8 Å². The number of anilines is 3. The highest BCUT2D eigenvalue weighted by Crippen LogP contribution is 2.63. The van der Waals surface area contributed by atoms with Crippen LogP contribution in [0.2, 0.25) is 0 Å². The van der Waals surface area contributed by atoms with Gasteiger partial charge in [0.05, 0.1) is 16.4 Å². The van der Waals surface area contributed by atoms with Crippen molar-refractivity contribution in [3.63, 3.8) is 0 Å². The van der Waals surface area contributed by atoms with Gasteiger partial charge in [0.25, 0.3) is 0 Å². The maximum absolute atomic E-state index is 2.52. The van der Waals surface area contributed by atoms with Crippen molar-refractivity contribution >= 4 is 38.9 Å². The van der Waals surface area contributed by atoms with E-state index in [0.717, 1.165) is 29.2 Å². The SMILES string of the molecule is CC(C)(C)CC(c1ccc(-c2ccc3c(c2)C2(c4ccccc4-3)c3ccccc3-c3ccc(-c4ccc(N(c5ccc(-c6ccccc6)cc5)c5ccc(-c6ccc7c(c6)c6ccccc6n7-c6ccccc6)cc5)cc4)cc32)cc1)C(C)(C)C. The van der Waals surface area contributed by atoms with Crippen molar-refractivity contribution in [1.82, 2.24) is 4.57 Å². The molecule has 2 aliphatic rings. The molecular formula is C83H68N2. The lowest BCUT2D eigenvalue weighted by atomic mass is 9.69. The average molecular weight is 1090 g/mol. The molecule has 0 radical (unpaired) electrons. The molecule has 0 bridgehead atoms. The topological polar surface area (TPSA) is 8.17 Å². The maximum atomic E-state index is 2.52. The molecule has 0 N–H and O–H groups in total. The van der Waals surface area contributed by atoms with Gasteiger partial charge in [-0.2, -0.15) is 0 Å². The van der Waals surface area contributed by atoms with Gasteiger partial charge in [0.1, 0.15) is 0 Å². The fraction of sp³-hybridized carbons (Fsp3) is 0.133. The van der Waals surface area contributed by atoms with Crippen LogP contribution in [0.5, 0.6) is 0 Å². The molecule has 2 atom stereocenters. The third-order valence-electron chi connectivity index (χ3n) is 18.4. The predicted octanol–water partition coefficient (Wildman–Crippen LogP) is 22.8. The van der Waals surface area contributed by atoms with E-state index >= 15 is 0 Å². The third kappa shape index (κ3) is 8.85. The van der Waals surface area contributed by atoms with Gasteiger partial charge in [0, 0.05) is 33.5 Å². The largest absolute Gasteiger partial charge is 0.311 e. The summed E-state index contributed by atoms with van der Waals surface area (Å²) in [5, 5.41) is 2.49. The molecule has 85 heavy (non-hydrogen) atoms. The van der Waals surface area contributed by atoms with Crippen LogP contribution < -0.4 is 4.90 Å². The van der Waals surface area contributed by atoms with Crippen molar-refractivity contribution in [2.75, 3.05) is 4.90 Å². The van der Waals surface area contributed by atoms with Crippen LogP contribution in [0.3, 0.4) is 0 Å². The Morgan fingerprint density at radius 3 is 1.24 bits per heavy atom. The van der Waals surface area contributed by atoms with Gasteiger partial charge in [-0.1, -0.05) is 248 Å². The van der Waals surface area contributed by atoms with Gasteiger partial charge in [-0.05, 0) is 197 Å². The number of hydrogen-bond acceptors (Lipinski definition) is 1. The summed E-state index contributed by atoms with van der Waals surface area (Å²) in [6.45, 7) is 14.3. The normalized spacial score (nSPS) is 14.5. The van der Waals surface area contributed by atoms with E-state index in [1.54, 1.807) is 0 Å². The Labute approximate surface area is 501 Å². The Hall–Kier alpha value is -9.76. The number of para-hydroxylation sites is 2. The molecule has 2 aliphatic carbocycles. The van der Waals surface area contributed by atoms with E-state index in [1.165, 1.54) is 116 Å². The molecule has 0 saturated carbocycles. The molecule has 12 aromatic carbocycles. The first kappa shape index (κ1) is 52.1. The molecule has 13 aromatic rings. The van der Waals surface area contributed by atoms with Crippen molar-refractivity contribution in [2.45, 2.75) is 59.3 Å². The van der Waals surface area contributed by atoms with E-state index in [-0.39, 0.29) is 10.8 Å². The summed E-state index contributed by atoms with van der Waals surface area (Å²) >= 11 is 0. The predicted molar refractivity (Wildman–Crippen MR) is 360 cm³/mol. The Kier molecular flexibility index (Phi) is 12.4. The summed E-state index contributed by atoms with van der Waals surface area (Å²) in [5.74, 6) is 0.459. The first-order valence-corrected chi connectivity index (χ1v) is 30.2. The van der Waals surface area contributed by atoms with Gasteiger partial charge in [-0.3, -0.25) is 0 Å². The monoisotopic (exact) mass is 1090 g/mol. The standard InChI is InChI=1S/C83H68N2/c1-81(2,3)54-78(82(4,5)6)60-31-29-57(30-32-60)62-39-48-70-68-23-13-16-26-74(68)83(76(70)52-62)75-27-17-14-24-69(75)71-49-40-63(53-77(71)83)59-37-46-67(47-38-59)84(65-42-33-56(34-43-65)55-19-9-7-10-20-55)66-44-35-58(36-45-66)61-41-50-80-73(51-61)72-25-15-18-28-79(72)85(80)64-21-11-8-12-22-64/h7-53,78H,54H2,1-6H3. The molecular weight excluding hydrogens is 1020 g/mol. The minimum absolute atomic E-state index is 0.154. The number of rotatable bonds is 10. The van der Waals surface area contributed by atoms with E-state index in [9.17, 15) is 0 Å². The van der Waals surface area contributed by atoms with Crippen LogP contribution in [-0.2, 0) is 5.41 Å². The van der Waals surface area contributed by atoms with Gasteiger partial charge in [0.15, 0.2) is 0 Å². The fourth-order valence-electron chi connectivity index (χ4n) is 14.4. The zero-order valence-corrected chi connectivity index (χ0v) is 49.3. The van der Waals surface area contributed by atoms with Gasteiger partial charge in [0.2, 0.25) is 0 Å². The maximum Gasteiger partial charge on any atom is 0.0725 e. The minimum atomic E-state index is -0.491. The van der Waals surface area contributed by atoms with Crippen molar-refractivity contribution in [3.05, 3.63) is 313 Å². The molecule has 0 fully saturated rings. The van der Waals surface area contributed by atoms with E-state index in [4.69, 9.17) is 0 Å². The van der Waals surface area contributed by atoms with Gasteiger partial charge in [-0.15, -0.1) is 0 Å². The van der Waals surface area contributed by atoms with E-state index < -0.39 is 5.41 Å². The summed E-state index contributed by atoms with van der Waals surface area (Å²) in [4.78, 5) is 2.39. The van der Waals surface area contributed by atoms with Crippen LogP contribution in [0, 0.1) is 10.8 Å². The highest BCUT2D eigenvalue weighted by atomic mass is 15.1. The molecule has 2 heteroatoms. The number of benzene rings is 12. The van der Waals surface area contributed by atoms with Crippen LogP contribution in [0.15, 0.2) is 285 Å². The average Bonchev–Trinajstić information content (AvgIpc) is 1.52. The van der Waals surface area contributed by atoms with Crippen LogP contribution in [0.25, 0.3) is 94.3 Å². The Balaban J connectivity index is 0.803. The van der Waals surface area contributed by atoms with E-state index in [2.05, 4.69) is 336 Å². The molecule has 0 aliphatic heterocycles. The van der Waals surface area contributed by atoms with Crippen molar-refractivity contribution in [3.8, 4) is 72.4 Å². The zero-order chi connectivity index (χ0) is 57.6. The van der Waals surface area contributed by atoms with E-state index in [1.807, 2.05) is 0 Å². The summed E-state index contributed by atoms with van der Waals surface area (Å²) in [6.07, 6.45) is 1.14. The van der Waals surface area contributed by atoms with Gasteiger partial charge < -0.3 is 9.47 Å². The van der Waals surface area contributed by atoms with Crippen molar-refractivity contribution in [1.29, 1.82) is 0 Å². The van der Waals surface area contributed by atoms with Crippen LogP contribution in [0.1, 0.15) is 81.7 Å². The van der Waals surface area contributed by atoms with Gasteiger partial charge in [-0.25, -0.2) is 0 Å². The molecule has 15 rings (SSSR count). The lowest BCUT2D eigenvalue weighted by molar-refractivity contribution is 0.229. The molecule has 2 unspecified atom stereocenters. The Morgan fingerprint density at radius 2 is 0.718 bits per heavy atom. The number of fused-ring (bicyclic) bond motifs is 13. The second kappa shape index (κ2) is 20.2. The first-order chi connectivity index (χ1) is 41.4. The summed E-state index contributed by atoms with van der Waals surface area (Å²) < 4.78 is 2.38.